The second-order valence-electron chi connectivity index (χ2n) is 6.42. The van der Waals surface area contributed by atoms with Gasteiger partial charge in [-0.15, -0.1) is 0 Å². The standard InChI is InChI=1S/C16H23N5O3/c1-10-12(9-18-16(19-10)21-5-3-2-4-6-21)14(22)20-11-7-13(15(23)24)17-8-11/h9,11,13,17H,2-8H2,1H3,(H,20,22)(H,23,24). The van der Waals surface area contributed by atoms with Gasteiger partial charge in [-0.1, -0.05) is 0 Å². The summed E-state index contributed by atoms with van der Waals surface area (Å²) in [5, 5.41) is 14.7. The number of aryl methyl sites for hydroxylation is 1. The van der Waals surface area contributed by atoms with E-state index in [4.69, 9.17) is 5.11 Å². The van der Waals surface area contributed by atoms with Gasteiger partial charge >= 0.3 is 5.97 Å². The van der Waals surface area contributed by atoms with E-state index in [9.17, 15) is 9.59 Å². The number of amides is 1. The Labute approximate surface area is 140 Å². The molecule has 130 valence electrons. The van der Waals surface area contributed by atoms with Crippen molar-refractivity contribution in [3.8, 4) is 0 Å². The first-order valence-electron chi connectivity index (χ1n) is 8.40. The van der Waals surface area contributed by atoms with E-state index in [0.29, 0.717) is 30.2 Å². The van der Waals surface area contributed by atoms with E-state index in [-0.39, 0.29) is 11.9 Å². The Kier molecular flexibility index (Phi) is 4.94. The van der Waals surface area contributed by atoms with E-state index < -0.39 is 12.0 Å². The third kappa shape index (κ3) is 3.64. The molecule has 2 saturated heterocycles. The second-order valence-corrected chi connectivity index (χ2v) is 6.42. The van der Waals surface area contributed by atoms with E-state index in [0.717, 1.165) is 25.9 Å². The summed E-state index contributed by atoms with van der Waals surface area (Å²) in [6, 6.07) is -0.797. The number of rotatable bonds is 4. The van der Waals surface area contributed by atoms with Gasteiger partial charge < -0.3 is 20.6 Å². The molecule has 1 aromatic rings. The van der Waals surface area contributed by atoms with Crippen molar-refractivity contribution in [2.24, 2.45) is 0 Å². The van der Waals surface area contributed by atoms with Gasteiger partial charge in [-0.2, -0.15) is 0 Å². The molecule has 3 N–H and O–H groups in total. The molecule has 8 nitrogen and oxygen atoms in total. The minimum absolute atomic E-state index is 0.195. The van der Waals surface area contributed by atoms with Crippen LogP contribution in [0, 0.1) is 6.92 Å². The third-order valence-electron chi connectivity index (χ3n) is 4.61. The molecule has 2 aliphatic heterocycles. The smallest absolute Gasteiger partial charge is 0.320 e. The Morgan fingerprint density at radius 3 is 2.71 bits per heavy atom. The Balaban J connectivity index is 1.64. The van der Waals surface area contributed by atoms with Crippen LogP contribution in [-0.2, 0) is 4.79 Å². The van der Waals surface area contributed by atoms with Crippen molar-refractivity contribution < 1.29 is 14.7 Å². The summed E-state index contributed by atoms with van der Waals surface area (Å²) in [6.45, 7) is 4.16. The molecule has 0 saturated carbocycles. The molecule has 1 aromatic heterocycles. The lowest BCUT2D eigenvalue weighted by Gasteiger charge is -2.26. The predicted molar refractivity (Wildman–Crippen MR) is 88.1 cm³/mol. The van der Waals surface area contributed by atoms with Crippen LogP contribution in [0.4, 0.5) is 5.95 Å². The summed E-state index contributed by atoms with van der Waals surface area (Å²) in [4.78, 5) is 34.3. The fraction of sp³-hybridized carbons (Fsp3) is 0.625. The maximum absolute atomic E-state index is 12.4. The summed E-state index contributed by atoms with van der Waals surface area (Å²) < 4.78 is 0. The minimum atomic E-state index is -0.892. The van der Waals surface area contributed by atoms with Crippen molar-refractivity contribution in [3.05, 3.63) is 17.5 Å². The highest BCUT2D eigenvalue weighted by Gasteiger charge is 2.30. The first-order valence-corrected chi connectivity index (χ1v) is 8.40. The second kappa shape index (κ2) is 7.12. The number of carbonyl (C=O) groups excluding carboxylic acids is 1. The van der Waals surface area contributed by atoms with Crippen LogP contribution in [0.5, 0.6) is 0 Å². The van der Waals surface area contributed by atoms with Crippen LogP contribution in [0.2, 0.25) is 0 Å². The topological polar surface area (TPSA) is 107 Å². The molecule has 0 aromatic carbocycles. The third-order valence-corrected chi connectivity index (χ3v) is 4.61. The van der Waals surface area contributed by atoms with Crippen LogP contribution in [0.1, 0.15) is 41.7 Å². The molecule has 1 amide bonds. The Morgan fingerprint density at radius 1 is 1.33 bits per heavy atom. The Morgan fingerprint density at radius 2 is 2.08 bits per heavy atom. The molecule has 0 radical (unpaired) electrons. The Hall–Kier alpha value is -2.22. The highest BCUT2D eigenvalue weighted by atomic mass is 16.4. The highest BCUT2D eigenvalue weighted by Crippen LogP contribution is 2.17. The molecule has 2 unspecified atom stereocenters. The van der Waals surface area contributed by atoms with Crippen LogP contribution in [0.15, 0.2) is 6.20 Å². The number of piperidine rings is 1. The lowest BCUT2D eigenvalue weighted by atomic mass is 10.1. The van der Waals surface area contributed by atoms with E-state index in [2.05, 4.69) is 25.5 Å². The van der Waals surface area contributed by atoms with Crippen molar-refractivity contribution in [1.29, 1.82) is 0 Å². The van der Waals surface area contributed by atoms with Gasteiger partial charge in [-0.25, -0.2) is 9.97 Å². The van der Waals surface area contributed by atoms with Gasteiger partial charge in [0.05, 0.1) is 11.3 Å². The zero-order chi connectivity index (χ0) is 17.1. The number of nitrogens with one attached hydrogen (secondary N) is 2. The molecule has 24 heavy (non-hydrogen) atoms. The van der Waals surface area contributed by atoms with E-state index >= 15 is 0 Å². The molecule has 0 aliphatic carbocycles. The minimum Gasteiger partial charge on any atom is -0.480 e. The summed E-state index contributed by atoms with van der Waals surface area (Å²) >= 11 is 0. The number of aromatic nitrogens is 2. The van der Waals surface area contributed by atoms with E-state index in [1.165, 1.54) is 6.42 Å². The first-order chi connectivity index (χ1) is 11.5. The summed E-state index contributed by atoms with van der Waals surface area (Å²) in [6.07, 6.45) is 5.47. The zero-order valence-electron chi connectivity index (χ0n) is 13.8. The number of nitrogens with zero attached hydrogens (tertiary/aromatic N) is 3. The maximum atomic E-state index is 12.4. The SMILES string of the molecule is Cc1nc(N2CCCCC2)ncc1C(=O)NC1CNC(C(=O)O)C1. The van der Waals surface area contributed by atoms with Gasteiger partial charge in [0.25, 0.3) is 5.91 Å². The first kappa shape index (κ1) is 16.6. The molecule has 0 spiro atoms. The molecule has 2 fully saturated rings. The van der Waals surface area contributed by atoms with Crippen molar-refractivity contribution in [2.75, 3.05) is 24.5 Å². The summed E-state index contributed by atoms with van der Waals surface area (Å²) in [7, 11) is 0. The van der Waals surface area contributed by atoms with Crippen LogP contribution in [-0.4, -0.2) is 58.7 Å². The number of carboxylic acid groups (broad SMARTS) is 1. The van der Waals surface area contributed by atoms with Gasteiger partial charge in [0.2, 0.25) is 5.95 Å². The van der Waals surface area contributed by atoms with Crippen LogP contribution in [0.3, 0.4) is 0 Å². The largest absolute Gasteiger partial charge is 0.480 e. The van der Waals surface area contributed by atoms with Gasteiger partial charge in [-0.05, 0) is 32.6 Å². The number of carboxylic acids is 1. The highest BCUT2D eigenvalue weighted by molar-refractivity contribution is 5.95. The molecule has 3 heterocycles. The van der Waals surface area contributed by atoms with E-state index in [1.807, 2.05) is 0 Å². The molecule has 2 atom stereocenters. The molecular formula is C16H23N5O3. The van der Waals surface area contributed by atoms with Crippen molar-refractivity contribution in [1.82, 2.24) is 20.6 Å². The zero-order valence-corrected chi connectivity index (χ0v) is 13.8. The van der Waals surface area contributed by atoms with Crippen LogP contribution < -0.4 is 15.5 Å². The monoisotopic (exact) mass is 333 g/mol. The van der Waals surface area contributed by atoms with Gasteiger partial charge in [0.1, 0.15) is 6.04 Å². The number of anilines is 1. The van der Waals surface area contributed by atoms with Crippen molar-refractivity contribution >= 4 is 17.8 Å². The molecule has 0 bridgehead atoms. The quantitative estimate of drug-likeness (QED) is 0.728. The normalized spacial score (nSPS) is 24.0. The number of hydrogen-bond acceptors (Lipinski definition) is 6. The summed E-state index contributed by atoms with van der Waals surface area (Å²) in [5.41, 5.74) is 1.08. The average Bonchev–Trinajstić information content (AvgIpc) is 3.04. The summed E-state index contributed by atoms with van der Waals surface area (Å²) in [5.74, 6) is -0.468. The van der Waals surface area contributed by atoms with Crippen molar-refractivity contribution in [2.45, 2.75) is 44.7 Å². The lowest BCUT2D eigenvalue weighted by molar-refractivity contribution is -0.139. The van der Waals surface area contributed by atoms with Gasteiger partial charge in [0, 0.05) is 31.9 Å². The van der Waals surface area contributed by atoms with Crippen LogP contribution >= 0.6 is 0 Å². The predicted octanol–water partition coefficient (Wildman–Crippen LogP) is 0.320. The van der Waals surface area contributed by atoms with Gasteiger partial charge in [0.15, 0.2) is 0 Å². The van der Waals surface area contributed by atoms with Crippen LogP contribution in [0.25, 0.3) is 0 Å². The molecule has 2 aliphatic rings. The number of aliphatic carboxylic acids is 1. The molecule has 3 rings (SSSR count). The number of carbonyl (C=O) groups is 2. The molecule has 8 heteroatoms. The van der Waals surface area contributed by atoms with Crippen molar-refractivity contribution in [3.63, 3.8) is 0 Å². The lowest BCUT2D eigenvalue weighted by Crippen LogP contribution is -2.37. The average molecular weight is 333 g/mol. The fourth-order valence-corrected chi connectivity index (χ4v) is 3.22. The van der Waals surface area contributed by atoms with Gasteiger partial charge in [-0.3, -0.25) is 9.59 Å². The maximum Gasteiger partial charge on any atom is 0.320 e. The van der Waals surface area contributed by atoms with E-state index in [1.54, 1.807) is 13.1 Å². The number of hydrogen-bond donors (Lipinski definition) is 3. The molecular weight excluding hydrogens is 310 g/mol. The fourth-order valence-electron chi connectivity index (χ4n) is 3.22. The Bertz CT molecular complexity index is 630.